The van der Waals surface area contributed by atoms with E-state index < -0.39 is 0 Å². The Bertz CT molecular complexity index is 211. The molecule has 1 amide bonds. The van der Waals surface area contributed by atoms with Crippen LogP contribution in [0.1, 0.15) is 26.7 Å². The molecule has 0 aromatic carbocycles. The molecule has 1 heterocycles. The van der Waals surface area contributed by atoms with Crippen LogP contribution in [0, 0.1) is 5.92 Å². The van der Waals surface area contributed by atoms with Crippen LogP contribution in [0.15, 0.2) is 0 Å². The van der Waals surface area contributed by atoms with Gasteiger partial charge >= 0.3 is 0 Å². The number of ether oxygens (including phenoxy) is 1. The van der Waals surface area contributed by atoms with Crippen molar-refractivity contribution in [2.45, 2.75) is 32.7 Å². The molecule has 1 fully saturated rings. The van der Waals surface area contributed by atoms with Gasteiger partial charge in [0.1, 0.15) is 0 Å². The quantitative estimate of drug-likeness (QED) is 0.694. The number of nitrogens with zero attached hydrogens (tertiary/aromatic N) is 1. The van der Waals surface area contributed by atoms with Gasteiger partial charge < -0.3 is 9.64 Å². The molecular weight excluding hydrogens is 214 g/mol. The molecule has 0 aliphatic carbocycles. The molecular formula is C11H20ClNO2. The Hall–Kier alpha value is -0.280. The fourth-order valence-corrected chi connectivity index (χ4v) is 1.93. The number of carbonyl (C=O) groups is 1. The first-order chi connectivity index (χ1) is 7.19. The van der Waals surface area contributed by atoms with E-state index in [4.69, 9.17) is 16.3 Å². The number of hydrogen-bond acceptors (Lipinski definition) is 2. The van der Waals surface area contributed by atoms with Crippen LogP contribution >= 0.6 is 11.6 Å². The van der Waals surface area contributed by atoms with Gasteiger partial charge in [0, 0.05) is 18.8 Å². The number of alkyl halides is 1. The molecule has 2 unspecified atom stereocenters. The highest BCUT2D eigenvalue weighted by Crippen LogP contribution is 2.14. The lowest BCUT2D eigenvalue weighted by atomic mass is 10.0. The lowest BCUT2D eigenvalue weighted by Crippen LogP contribution is -2.49. The van der Waals surface area contributed by atoms with Crippen LogP contribution in [0.2, 0.25) is 0 Å². The topological polar surface area (TPSA) is 29.5 Å². The SMILES string of the molecule is CCC(C)CC(=O)N1CCOCC1CCl. The van der Waals surface area contributed by atoms with E-state index in [2.05, 4.69) is 13.8 Å². The van der Waals surface area contributed by atoms with Crippen molar-refractivity contribution in [3.63, 3.8) is 0 Å². The zero-order chi connectivity index (χ0) is 11.3. The summed E-state index contributed by atoms with van der Waals surface area (Å²) in [4.78, 5) is 13.8. The van der Waals surface area contributed by atoms with E-state index in [1.807, 2.05) is 4.90 Å². The maximum Gasteiger partial charge on any atom is 0.223 e. The van der Waals surface area contributed by atoms with Gasteiger partial charge in [-0.2, -0.15) is 0 Å². The van der Waals surface area contributed by atoms with Gasteiger partial charge in [-0.25, -0.2) is 0 Å². The third-order valence-corrected chi connectivity index (χ3v) is 3.30. The van der Waals surface area contributed by atoms with E-state index in [0.29, 0.717) is 38.0 Å². The molecule has 0 N–H and O–H groups in total. The molecule has 1 saturated heterocycles. The average molecular weight is 234 g/mol. The standard InChI is InChI=1S/C11H20ClNO2/c1-3-9(2)6-11(14)13-4-5-15-8-10(13)7-12/h9-10H,3-8H2,1-2H3. The van der Waals surface area contributed by atoms with E-state index in [9.17, 15) is 4.79 Å². The summed E-state index contributed by atoms with van der Waals surface area (Å²) >= 11 is 5.82. The van der Waals surface area contributed by atoms with Gasteiger partial charge in [-0.15, -0.1) is 11.6 Å². The summed E-state index contributed by atoms with van der Waals surface area (Å²) in [6.07, 6.45) is 1.67. The molecule has 0 bridgehead atoms. The fraction of sp³-hybridized carbons (Fsp3) is 0.909. The van der Waals surface area contributed by atoms with Crippen molar-refractivity contribution in [2.24, 2.45) is 5.92 Å². The van der Waals surface area contributed by atoms with Crippen molar-refractivity contribution in [2.75, 3.05) is 25.6 Å². The average Bonchev–Trinajstić information content (AvgIpc) is 2.28. The number of amides is 1. The zero-order valence-electron chi connectivity index (χ0n) is 9.54. The summed E-state index contributed by atoms with van der Waals surface area (Å²) in [5.41, 5.74) is 0. The predicted octanol–water partition coefficient (Wildman–Crippen LogP) is 1.89. The third-order valence-electron chi connectivity index (χ3n) is 2.95. The first-order valence-electron chi connectivity index (χ1n) is 5.62. The molecule has 0 spiro atoms. The largest absolute Gasteiger partial charge is 0.377 e. The van der Waals surface area contributed by atoms with Crippen molar-refractivity contribution in [1.82, 2.24) is 4.90 Å². The lowest BCUT2D eigenvalue weighted by Gasteiger charge is -2.35. The van der Waals surface area contributed by atoms with Gasteiger partial charge in [-0.05, 0) is 5.92 Å². The molecule has 1 aliphatic heterocycles. The Morgan fingerprint density at radius 2 is 2.40 bits per heavy atom. The summed E-state index contributed by atoms with van der Waals surface area (Å²) in [6, 6.07) is 0.0666. The van der Waals surface area contributed by atoms with Crippen LogP contribution in [0.3, 0.4) is 0 Å². The minimum atomic E-state index is 0.0666. The van der Waals surface area contributed by atoms with E-state index in [1.165, 1.54) is 0 Å². The highest BCUT2D eigenvalue weighted by atomic mass is 35.5. The molecule has 15 heavy (non-hydrogen) atoms. The lowest BCUT2D eigenvalue weighted by molar-refractivity contribution is -0.139. The summed E-state index contributed by atoms with van der Waals surface area (Å²) < 4.78 is 5.31. The Kier molecular flexibility index (Phi) is 5.40. The van der Waals surface area contributed by atoms with Crippen LogP contribution in [-0.4, -0.2) is 42.5 Å². The monoisotopic (exact) mass is 233 g/mol. The first kappa shape index (κ1) is 12.8. The zero-order valence-corrected chi connectivity index (χ0v) is 10.3. The smallest absolute Gasteiger partial charge is 0.223 e. The fourth-order valence-electron chi connectivity index (χ4n) is 1.67. The number of morpholine rings is 1. The van der Waals surface area contributed by atoms with Gasteiger partial charge in [-0.3, -0.25) is 4.79 Å². The Morgan fingerprint density at radius 3 is 3.00 bits per heavy atom. The molecule has 0 radical (unpaired) electrons. The van der Waals surface area contributed by atoms with Crippen LogP contribution < -0.4 is 0 Å². The minimum absolute atomic E-state index is 0.0666. The van der Waals surface area contributed by atoms with E-state index in [0.717, 1.165) is 6.42 Å². The van der Waals surface area contributed by atoms with Crippen molar-refractivity contribution in [1.29, 1.82) is 0 Å². The normalized spacial score (nSPS) is 23.9. The molecule has 4 heteroatoms. The molecule has 3 nitrogen and oxygen atoms in total. The van der Waals surface area contributed by atoms with E-state index in [1.54, 1.807) is 0 Å². The molecule has 0 saturated carbocycles. The van der Waals surface area contributed by atoms with Crippen LogP contribution in [0.5, 0.6) is 0 Å². The number of carbonyl (C=O) groups excluding carboxylic acids is 1. The number of hydrogen-bond donors (Lipinski definition) is 0. The van der Waals surface area contributed by atoms with Crippen molar-refractivity contribution in [3.05, 3.63) is 0 Å². The van der Waals surface area contributed by atoms with Crippen molar-refractivity contribution < 1.29 is 9.53 Å². The van der Waals surface area contributed by atoms with Crippen molar-refractivity contribution >= 4 is 17.5 Å². The van der Waals surface area contributed by atoms with E-state index in [-0.39, 0.29) is 11.9 Å². The molecule has 0 aromatic heterocycles. The highest BCUT2D eigenvalue weighted by molar-refractivity contribution is 6.18. The summed E-state index contributed by atoms with van der Waals surface area (Å²) in [7, 11) is 0. The van der Waals surface area contributed by atoms with Crippen LogP contribution in [0.25, 0.3) is 0 Å². The second-order valence-electron chi connectivity index (χ2n) is 4.19. The van der Waals surface area contributed by atoms with Gasteiger partial charge in [0.2, 0.25) is 5.91 Å². The molecule has 1 aliphatic rings. The minimum Gasteiger partial charge on any atom is -0.377 e. The number of rotatable bonds is 4. The van der Waals surface area contributed by atoms with Gasteiger partial charge in [0.25, 0.3) is 0 Å². The second-order valence-corrected chi connectivity index (χ2v) is 4.50. The predicted molar refractivity (Wildman–Crippen MR) is 61.1 cm³/mol. The van der Waals surface area contributed by atoms with Crippen LogP contribution in [0.4, 0.5) is 0 Å². The second kappa shape index (κ2) is 6.33. The Balaban J connectivity index is 2.48. The van der Waals surface area contributed by atoms with Gasteiger partial charge in [-0.1, -0.05) is 20.3 Å². The number of halogens is 1. The Morgan fingerprint density at radius 1 is 1.67 bits per heavy atom. The molecule has 2 atom stereocenters. The molecule has 1 rings (SSSR count). The summed E-state index contributed by atoms with van der Waals surface area (Å²) in [5.74, 6) is 1.14. The van der Waals surface area contributed by atoms with Crippen molar-refractivity contribution in [3.8, 4) is 0 Å². The summed E-state index contributed by atoms with van der Waals surface area (Å²) in [5, 5.41) is 0. The summed E-state index contributed by atoms with van der Waals surface area (Å²) in [6.45, 7) is 6.12. The van der Waals surface area contributed by atoms with Gasteiger partial charge in [0.05, 0.1) is 19.3 Å². The maximum atomic E-state index is 11.9. The molecule has 0 aromatic rings. The maximum absolute atomic E-state index is 11.9. The van der Waals surface area contributed by atoms with Crippen LogP contribution in [-0.2, 0) is 9.53 Å². The third kappa shape index (κ3) is 3.65. The highest BCUT2D eigenvalue weighted by Gasteiger charge is 2.26. The van der Waals surface area contributed by atoms with Gasteiger partial charge in [0.15, 0.2) is 0 Å². The first-order valence-corrected chi connectivity index (χ1v) is 6.15. The Labute approximate surface area is 96.7 Å². The molecule has 88 valence electrons. The van der Waals surface area contributed by atoms with E-state index >= 15 is 0 Å².